The maximum atomic E-state index is 6.26. The fraction of sp³-hybridized carbons (Fsp3) is 0.625. The average Bonchev–Trinajstić information content (AvgIpc) is 2.48. The third-order valence-corrected chi connectivity index (χ3v) is 4.27. The van der Waals surface area contributed by atoms with Crippen LogP contribution in [-0.4, -0.2) is 33.4 Å². The van der Waals surface area contributed by atoms with Crippen molar-refractivity contribution in [2.45, 2.75) is 33.1 Å². The molecule has 0 bridgehead atoms. The van der Waals surface area contributed by atoms with Crippen molar-refractivity contribution in [1.29, 1.82) is 0 Å². The Kier molecular flexibility index (Phi) is 4.13. The van der Waals surface area contributed by atoms with Crippen molar-refractivity contribution >= 4 is 24.0 Å². The van der Waals surface area contributed by atoms with Gasteiger partial charge in [-0.25, -0.2) is 0 Å². The van der Waals surface area contributed by atoms with Crippen LogP contribution >= 0.6 is 0 Å². The summed E-state index contributed by atoms with van der Waals surface area (Å²) in [5, 5.41) is 0. The Labute approximate surface area is 127 Å². The molecular weight excluding hydrogens is 263 g/mol. The summed E-state index contributed by atoms with van der Waals surface area (Å²) in [4.78, 5) is 2.38. The zero-order valence-corrected chi connectivity index (χ0v) is 13.1. The predicted octanol–water partition coefficient (Wildman–Crippen LogP) is 2.03. The summed E-state index contributed by atoms with van der Waals surface area (Å²) in [7, 11) is -0.282. The summed E-state index contributed by atoms with van der Waals surface area (Å²) in [5.41, 5.74) is 9.34. The highest BCUT2D eigenvalue weighted by Crippen LogP contribution is 2.26. The minimum atomic E-state index is -0.282. The van der Waals surface area contributed by atoms with Crippen molar-refractivity contribution in [2.75, 3.05) is 36.9 Å². The molecule has 3 rings (SSSR count). The zero-order chi connectivity index (χ0) is 14.9. The molecule has 0 aliphatic carbocycles. The third kappa shape index (κ3) is 3.35. The maximum Gasteiger partial charge on any atom is 0.493 e. The molecule has 114 valence electrons. The van der Waals surface area contributed by atoms with E-state index in [2.05, 4.69) is 30.9 Å². The molecule has 0 aromatic heterocycles. The number of anilines is 2. The predicted molar refractivity (Wildman–Crippen MR) is 88.0 cm³/mol. The van der Waals surface area contributed by atoms with Crippen molar-refractivity contribution in [2.24, 2.45) is 5.41 Å². The molecule has 0 saturated carbocycles. The molecule has 4 nitrogen and oxygen atoms in total. The van der Waals surface area contributed by atoms with Gasteiger partial charge in [-0.15, -0.1) is 0 Å². The quantitative estimate of drug-likeness (QED) is 0.668. The fourth-order valence-corrected chi connectivity index (χ4v) is 3.03. The van der Waals surface area contributed by atoms with Gasteiger partial charge in [0.1, 0.15) is 0 Å². The van der Waals surface area contributed by atoms with Crippen molar-refractivity contribution in [3.8, 4) is 0 Å². The summed E-state index contributed by atoms with van der Waals surface area (Å²) in [5.74, 6) is 0. The lowest BCUT2D eigenvalue weighted by atomic mass is 9.75. The number of nitrogens with zero attached hydrogens (tertiary/aromatic N) is 1. The second kappa shape index (κ2) is 5.89. The first-order valence-corrected chi connectivity index (χ1v) is 7.93. The molecule has 21 heavy (non-hydrogen) atoms. The first-order valence-electron chi connectivity index (χ1n) is 7.93. The largest absolute Gasteiger partial charge is 0.493 e. The number of nitrogens with two attached hydrogens (primary N) is 1. The summed E-state index contributed by atoms with van der Waals surface area (Å²) in [6.07, 6.45) is 3.84. The highest BCUT2D eigenvalue weighted by molar-refractivity contribution is 6.61. The van der Waals surface area contributed by atoms with Crippen LogP contribution in [0.25, 0.3) is 0 Å². The van der Waals surface area contributed by atoms with Gasteiger partial charge in [-0.2, -0.15) is 0 Å². The SMILES string of the molecule is CC1(C)COB(c2ccc(N3CCCCC3)c(N)c2)OC1. The second-order valence-corrected chi connectivity index (χ2v) is 6.98. The second-order valence-electron chi connectivity index (χ2n) is 6.98. The number of benzene rings is 1. The standard InChI is InChI=1S/C16H25BN2O2/c1-16(2)11-20-17(21-12-16)13-6-7-15(14(18)10-13)19-8-4-3-5-9-19/h6-7,10H,3-5,8-9,11-12,18H2,1-2H3. The Balaban J connectivity index is 1.72. The number of rotatable bonds is 2. The van der Waals surface area contributed by atoms with Crippen LogP contribution in [-0.2, 0) is 9.31 Å². The van der Waals surface area contributed by atoms with Gasteiger partial charge < -0.3 is 19.9 Å². The molecule has 0 unspecified atom stereocenters. The van der Waals surface area contributed by atoms with Crippen molar-refractivity contribution in [3.63, 3.8) is 0 Å². The van der Waals surface area contributed by atoms with E-state index in [9.17, 15) is 0 Å². The first kappa shape index (κ1) is 14.7. The van der Waals surface area contributed by atoms with E-state index < -0.39 is 0 Å². The van der Waals surface area contributed by atoms with Gasteiger partial charge in [-0.1, -0.05) is 19.9 Å². The lowest BCUT2D eigenvalue weighted by Crippen LogP contribution is -2.47. The minimum absolute atomic E-state index is 0.0930. The molecule has 1 aromatic rings. The molecule has 0 radical (unpaired) electrons. The highest BCUT2D eigenvalue weighted by Gasteiger charge is 2.33. The lowest BCUT2D eigenvalue weighted by molar-refractivity contribution is 0.0343. The molecule has 0 amide bonds. The summed E-state index contributed by atoms with van der Waals surface area (Å²) in [6.45, 7) is 7.94. The van der Waals surface area contributed by atoms with Gasteiger partial charge in [0.15, 0.2) is 0 Å². The molecule has 2 N–H and O–H groups in total. The zero-order valence-electron chi connectivity index (χ0n) is 13.1. The van der Waals surface area contributed by atoms with E-state index in [-0.39, 0.29) is 12.5 Å². The van der Waals surface area contributed by atoms with Crippen LogP contribution in [0, 0.1) is 5.41 Å². The van der Waals surface area contributed by atoms with E-state index in [4.69, 9.17) is 15.0 Å². The summed E-state index contributed by atoms with van der Waals surface area (Å²) in [6, 6.07) is 6.21. The highest BCUT2D eigenvalue weighted by atomic mass is 16.6. The smallest absolute Gasteiger partial charge is 0.407 e. The molecule has 1 aromatic carbocycles. The normalized spacial score (nSPS) is 22.4. The van der Waals surface area contributed by atoms with E-state index in [1.54, 1.807) is 0 Å². The van der Waals surface area contributed by atoms with Gasteiger partial charge in [0, 0.05) is 31.7 Å². The van der Waals surface area contributed by atoms with Crippen LogP contribution in [0.5, 0.6) is 0 Å². The first-order chi connectivity index (χ1) is 10.1. The maximum absolute atomic E-state index is 6.26. The van der Waals surface area contributed by atoms with Crippen molar-refractivity contribution in [1.82, 2.24) is 0 Å². The van der Waals surface area contributed by atoms with Crippen LogP contribution in [0.4, 0.5) is 11.4 Å². The van der Waals surface area contributed by atoms with Crippen LogP contribution in [0.1, 0.15) is 33.1 Å². The topological polar surface area (TPSA) is 47.7 Å². The van der Waals surface area contributed by atoms with E-state index in [0.717, 1.165) is 29.9 Å². The molecule has 2 aliphatic rings. The minimum Gasteiger partial charge on any atom is -0.407 e. The molecular formula is C16H25BN2O2. The molecule has 5 heteroatoms. The fourth-order valence-electron chi connectivity index (χ4n) is 3.03. The van der Waals surface area contributed by atoms with Gasteiger partial charge >= 0.3 is 7.12 Å². The Hall–Kier alpha value is -1.20. The summed E-state index contributed by atoms with van der Waals surface area (Å²) >= 11 is 0. The summed E-state index contributed by atoms with van der Waals surface area (Å²) < 4.78 is 11.7. The van der Waals surface area contributed by atoms with Gasteiger partial charge in [0.25, 0.3) is 0 Å². The average molecular weight is 288 g/mol. The molecule has 2 heterocycles. The number of piperidine rings is 1. The van der Waals surface area contributed by atoms with Crippen LogP contribution in [0.3, 0.4) is 0 Å². The van der Waals surface area contributed by atoms with E-state index in [1.807, 2.05) is 6.07 Å². The van der Waals surface area contributed by atoms with Crippen LogP contribution < -0.4 is 16.1 Å². The Morgan fingerprint density at radius 3 is 2.38 bits per heavy atom. The van der Waals surface area contributed by atoms with Crippen molar-refractivity contribution < 1.29 is 9.31 Å². The van der Waals surface area contributed by atoms with Gasteiger partial charge in [-0.3, -0.25) is 0 Å². The number of hydrogen-bond acceptors (Lipinski definition) is 4. The molecule has 2 saturated heterocycles. The molecule has 2 fully saturated rings. The van der Waals surface area contributed by atoms with Crippen molar-refractivity contribution in [3.05, 3.63) is 18.2 Å². The Morgan fingerprint density at radius 2 is 1.76 bits per heavy atom. The number of nitrogen functional groups attached to an aromatic ring is 1. The molecule has 2 aliphatic heterocycles. The van der Waals surface area contributed by atoms with E-state index in [1.165, 1.54) is 19.3 Å². The van der Waals surface area contributed by atoms with Gasteiger partial charge in [-0.05, 0) is 36.9 Å². The van der Waals surface area contributed by atoms with E-state index >= 15 is 0 Å². The molecule has 0 spiro atoms. The van der Waals surface area contributed by atoms with E-state index in [0.29, 0.717) is 13.2 Å². The van der Waals surface area contributed by atoms with Crippen LogP contribution in [0.15, 0.2) is 18.2 Å². The van der Waals surface area contributed by atoms with Gasteiger partial charge in [0.05, 0.1) is 11.4 Å². The lowest BCUT2D eigenvalue weighted by Gasteiger charge is -2.33. The Morgan fingerprint density at radius 1 is 1.10 bits per heavy atom. The monoisotopic (exact) mass is 288 g/mol. The Bertz CT molecular complexity index is 491. The molecule has 0 atom stereocenters. The number of hydrogen-bond donors (Lipinski definition) is 1. The third-order valence-electron chi connectivity index (χ3n) is 4.27. The van der Waals surface area contributed by atoms with Crippen LogP contribution in [0.2, 0.25) is 0 Å². The van der Waals surface area contributed by atoms with Gasteiger partial charge in [0.2, 0.25) is 0 Å².